The van der Waals surface area contributed by atoms with Crippen molar-refractivity contribution in [1.82, 2.24) is 20.3 Å². The third kappa shape index (κ3) is 3.34. The summed E-state index contributed by atoms with van der Waals surface area (Å²) >= 11 is 0. The first kappa shape index (κ1) is 17.5. The van der Waals surface area contributed by atoms with Crippen molar-refractivity contribution in [3.63, 3.8) is 0 Å². The molecule has 9 nitrogen and oxygen atoms in total. The van der Waals surface area contributed by atoms with Crippen molar-refractivity contribution >= 4 is 34.3 Å². The summed E-state index contributed by atoms with van der Waals surface area (Å²) in [7, 11) is 3.10. The largest absolute Gasteiger partial charge is 0.497 e. The summed E-state index contributed by atoms with van der Waals surface area (Å²) in [4.78, 5) is 8.69. The van der Waals surface area contributed by atoms with Crippen LogP contribution in [0.4, 0.5) is 27.4 Å². The van der Waals surface area contributed by atoms with E-state index in [2.05, 4.69) is 35.5 Å². The van der Waals surface area contributed by atoms with Gasteiger partial charge in [-0.15, -0.1) is 0 Å². The second-order valence-electron chi connectivity index (χ2n) is 5.63. The third-order valence-corrected chi connectivity index (χ3v) is 3.90. The first-order valence-corrected chi connectivity index (χ1v) is 8.19. The summed E-state index contributed by atoms with van der Waals surface area (Å²) < 4.78 is 29.4. The van der Waals surface area contributed by atoms with Crippen LogP contribution < -0.4 is 20.1 Å². The van der Waals surface area contributed by atoms with E-state index in [4.69, 9.17) is 9.47 Å². The van der Waals surface area contributed by atoms with Gasteiger partial charge in [-0.1, -0.05) is 12.1 Å². The summed E-state index contributed by atoms with van der Waals surface area (Å²) in [6.45, 7) is 0. The number of fused-ring (bicyclic) bond motifs is 1. The van der Waals surface area contributed by atoms with Crippen molar-refractivity contribution in [2.24, 2.45) is 0 Å². The van der Waals surface area contributed by atoms with E-state index in [1.807, 2.05) is 0 Å². The molecule has 0 bridgehead atoms. The fraction of sp³-hybridized carbons (Fsp3) is 0.111. The molecular formula is C18H15FN6O3. The normalized spacial score (nSPS) is 10.7. The number of hydrogen-bond acceptors (Lipinski definition) is 9. The molecule has 10 heteroatoms. The maximum atomic E-state index is 14.1. The van der Waals surface area contributed by atoms with Gasteiger partial charge >= 0.3 is 0 Å². The molecule has 2 aromatic carbocycles. The van der Waals surface area contributed by atoms with Gasteiger partial charge in [-0.2, -0.15) is 0 Å². The molecule has 0 aliphatic heterocycles. The number of nitrogens with zero attached hydrogens (tertiary/aromatic N) is 4. The van der Waals surface area contributed by atoms with Crippen LogP contribution in [0, 0.1) is 5.82 Å². The van der Waals surface area contributed by atoms with Crippen LogP contribution in [-0.2, 0) is 0 Å². The molecule has 4 rings (SSSR count). The number of rotatable bonds is 6. The van der Waals surface area contributed by atoms with Crippen molar-refractivity contribution in [3.05, 3.63) is 48.3 Å². The Morgan fingerprint density at radius 3 is 2.18 bits per heavy atom. The molecule has 2 heterocycles. The molecule has 28 heavy (non-hydrogen) atoms. The zero-order chi connectivity index (χ0) is 19.5. The molecule has 0 amide bonds. The van der Waals surface area contributed by atoms with Crippen LogP contribution in [-0.4, -0.2) is 34.5 Å². The fourth-order valence-electron chi connectivity index (χ4n) is 2.54. The van der Waals surface area contributed by atoms with Crippen LogP contribution >= 0.6 is 0 Å². The molecule has 0 unspecified atom stereocenters. The van der Waals surface area contributed by atoms with Crippen molar-refractivity contribution in [2.45, 2.75) is 0 Å². The predicted octanol–water partition coefficient (Wildman–Crippen LogP) is 3.66. The zero-order valence-corrected chi connectivity index (χ0v) is 14.9. The minimum Gasteiger partial charge on any atom is -0.497 e. The van der Waals surface area contributed by atoms with E-state index < -0.39 is 5.82 Å². The summed E-state index contributed by atoms with van der Waals surface area (Å²) in [6.07, 6.45) is 0. The Bertz CT molecular complexity index is 1130. The zero-order valence-electron chi connectivity index (χ0n) is 14.9. The first-order valence-electron chi connectivity index (χ1n) is 8.19. The molecule has 2 aromatic heterocycles. The van der Waals surface area contributed by atoms with E-state index >= 15 is 0 Å². The van der Waals surface area contributed by atoms with Crippen LogP contribution in [0.3, 0.4) is 0 Å². The molecule has 0 atom stereocenters. The van der Waals surface area contributed by atoms with Gasteiger partial charge in [0, 0.05) is 6.07 Å². The lowest BCUT2D eigenvalue weighted by Gasteiger charge is -2.15. The highest BCUT2D eigenvalue weighted by Gasteiger charge is 2.16. The van der Waals surface area contributed by atoms with Crippen molar-refractivity contribution in [2.75, 3.05) is 24.9 Å². The Kier molecular flexibility index (Phi) is 4.58. The fourth-order valence-corrected chi connectivity index (χ4v) is 2.54. The quantitative estimate of drug-likeness (QED) is 0.516. The third-order valence-electron chi connectivity index (χ3n) is 3.90. The number of para-hydroxylation sites is 1. The lowest BCUT2D eigenvalue weighted by atomic mass is 10.2. The smallest absolute Gasteiger partial charge is 0.245 e. The summed E-state index contributed by atoms with van der Waals surface area (Å²) in [5, 5.41) is 13.4. The van der Waals surface area contributed by atoms with Crippen LogP contribution in [0.25, 0.3) is 11.3 Å². The molecule has 0 radical (unpaired) electrons. The summed E-state index contributed by atoms with van der Waals surface area (Å²) in [6, 6.07) is 11.5. The van der Waals surface area contributed by atoms with Gasteiger partial charge in [0.2, 0.25) is 11.3 Å². The number of methoxy groups -OCH3 is 2. The molecule has 2 N–H and O–H groups in total. The van der Waals surface area contributed by atoms with Gasteiger partial charge in [0.25, 0.3) is 0 Å². The number of nitrogens with one attached hydrogen (secondary N) is 2. The van der Waals surface area contributed by atoms with Crippen molar-refractivity contribution in [3.8, 4) is 11.5 Å². The van der Waals surface area contributed by atoms with E-state index in [1.54, 1.807) is 50.6 Å². The van der Waals surface area contributed by atoms with Crippen LogP contribution in [0.1, 0.15) is 0 Å². The van der Waals surface area contributed by atoms with Gasteiger partial charge in [0.1, 0.15) is 17.3 Å². The van der Waals surface area contributed by atoms with Crippen LogP contribution in [0.2, 0.25) is 0 Å². The second kappa shape index (κ2) is 7.35. The Hall–Kier alpha value is -3.95. The lowest BCUT2D eigenvalue weighted by Crippen LogP contribution is -2.05. The molecule has 0 spiro atoms. The number of halogens is 1. The highest BCUT2D eigenvalue weighted by Crippen LogP contribution is 2.34. The maximum absolute atomic E-state index is 14.1. The average Bonchev–Trinajstić information content (AvgIpc) is 3.17. The lowest BCUT2D eigenvalue weighted by molar-refractivity contribution is 0.314. The molecule has 0 saturated heterocycles. The standard InChI is InChI=1S/C18H15FN6O3/c1-26-10-7-8-14(27-2)13(9-10)21-16-15(20-12-6-4-3-5-11(12)19)22-17-18(23-16)25-28-24-17/h3-9H,1-2H3,(H,20,22,24)(H,21,23,25). The maximum Gasteiger partial charge on any atom is 0.245 e. The van der Waals surface area contributed by atoms with E-state index in [9.17, 15) is 4.39 Å². The summed E-state index contributed by atoms with van der Waals surface area (Å²) in [5.74, 6) is 1.24. The highest BCUT2D eigenvalue weighted by molar-refractivity contribution is 5.80. The predicted molar refractivity (Wildman–Crippen MR) is 99.9 cm³/mol. The van der Waals surface area contributed by atoms with Gasteiger partial charge in [0.05, 0.1) is 25.6 Å². The first-order chi connectivity index (χ1) is 13.7. The Morgan fingerprint density at radius 1 is 0.857 bits per heavy atom. The molecule has 0 aliphatic rings. The number of anilines is 4. The van der Waals surface area contributed by atoms with Crippen molar-refractivity contribution < 1.29 is 18.5 Å². The second-order valence-corrected chi connectivity index (χ2v) is 5.63. The average molecular weight is 382 g/mol. The molecule has 0 fully saturated rings. The highest BCUT2D eigenvalue weighted by atomic mass is 19.1. The number of ether oxygens (including phenoxy) is 2. The van der Waals surface area contributed by atoms with Gasteiger partial charge < -0.3 is 20.1 Å². The Balaban J connectivity index is 1.78. The molecule has 0 saturated carbocycles. The van der Waals surface area contributed by atoms with Crippen LogP contribution in [0.15, 0.2) is 47.1 Å². The topological polar surface area (TPSA) is 107 Å². The number of aromatic nitrogens is 4. The van der Waals surface area contributed by atoms with E-state index in [-0.39, 0.29) is 28.6 Å². The minimum absolute atomic E-state index is 0.182. The molecular weight excluding hydrogens is 367 g/mol. The van der Waals surface area contributed by atoms with Crippen LogP contribution in [0.5, 0.6) is 11.5 Å². The van der Waals surface area contributed by atoms with Gasteiger partial charge in [-0.25, -0.2) is 19.0 Å². The Labute approximate surface area is 158 Å². The van der Waals surface area contributed by atoms with E-state index in [1.165, 1.54) is 6.07 Å². The van der Waals surface area contributed by atoms with Gasteiger partial charge in [0.15, 0.2) is 11.6 Å². The SMILES string of the molecule is COc1ccc(OC)c(Nc2nc3nonc3nc2Nc2ccccc2F)c1. The van der Waals surface area contributed by atoms with E-state index in [0.29, 0.717) is 17.2 Å². The van der Waals surface area contributed by atoms with Gasteiger partial charge in [-0.05, 0) is 34.6 Å². The van der Waals surface area contributed by atoms with E-state index in [0.717, 1.165) is 0 Å². The summed E-state index contributed by atoms with van der Waals surface area (Å²) in [5.41, 5.74) is 1.18. The Morgan fingerprint density at radius 2 is 1.54 bits per heavy atom. The molecule has 4 aromatic rings. The minimum atomic E-state index is -0.437. The number of benzene rings is 2. The number of hydrogen-bond donors (Lipinski definition) is 2. The van der Waals surface area contributed by atoms with Crippen molar-refractivity contribution in [1.29, 1.82) is 0 Å². The van der Waals surface area contributed by atoms with Gasteiger partial charge in [-0.3, -0.25) is 0 Å². The molecule has 0 aliphatic carbocycles. The monoisotopic (exact) mass is 382 g/mol. The molecule has 142 valence electrons.